The molecule has 0 amide bonds. The molecule has 1 heterocycles. The fourth-order valence-corrected chi connectivity index (χ4v) is 0.947. The molecule has 0 aliphatic heterocycles. The molecule has 2 unspecified atom stereocenters. The van der Waals surface area contributed by atoms with Crippen molar-refractivity contribution in [2.45, 2.75) is 31.7 Å². The van der Waals surface area contributed by atoms with Crippen molar-refractivity contribution in [2.75, 3.05) is 0 Å². The molecule has 1 aromatic rings. The molecule has 1 aromatic heterocycles. The van der Waals surface area contributed by atoms with E-state index in [4.69, 9.17) is 15.6 Å². The van der Waals surface area contributed by atoms with Crippen LogP contribution in [-0.4, -0.2) is 44.1 Å². The normalized spacial score (nSPS) is 14.9. The lowest BCUT2D eigenvalue weighted by Gasteiger charge is -2.17. The lowest BCUT2D eigenvalue weighted by atomic mass is 10.0. The fraction of sp³-hybridized carbons (Fsp3) is 0.750. The van der Waals surface area contributed by atoms with Gasteiger partial charge in [-0.2, -0.15) is 31.6 Å². The van der Waals surface area contributed by atoms with Gasteiger partial charge in [-0.1, -0.05) is 12.1 Å². The van der Waals surface area contributed by atoms with E-state index in [0.29, 0.717) is 0 Å². The Labute approximate surface area is 113 Å². The molecule has 7 nitrogen and oxygen atoms in total. The van der Waals surface area contributed by atoms with Gasteiger partial charge in [-0.15, -0.1) is 10.2 Å². The second-order valence-corrected chi connectivity index (χ2v) is 3.86. The molecule has 0 aromatic carbocycles. The van der Waals surface area contributed by atoms with Gasteiger partial charge in [0.05, 0.1) is 12.0 Å². The minimum Gasteiger partial charge on any atom is -0.475 e. The van der Waals surface area contributed by atoms with E-state index in [9.17, 15) is 26.3 Å². The Kier molecular flexibility index (Phi) is 6.53. The van der Waals surface area contributed by atoms with E-state index in [2.05, 4.69) is 20.6 Å². The average Bonchev–Trinajstić information content (AvgIpc) is 2.80. The molecule has 21 heavy (non-hydrogen) atoms. The Morgan fingerprint density at radius 2 is 1.81 bits per heavy atom. The number of H-pyrrole nitrogens is 1. The van der Waals surface area contributed by atoms with Gasteiger partial charge >= 0.3 is 18.3 Å². The predicted molar refractivity (Wildman–Crippen MR) is 54.6 cm³/mol. The third-order valence-corrected chi connectivity index (χ3v) is 2.10. The van der Waals surface area contributed by atoms with Crippen LogP contribution in [0.25, 0.3) is 0 Å². The number of nitrogens with one attached hydrogen (secondary N) is 1. The Balaban J connectivity index is 0.000000486. The zero-order valence-corrected chi connectivity index (χ0v) is 10.4. The van der Waals surface area contributed by atoms with E-state index in [-0.39, 0.29) is 12.2 Å². The molecule has 0 aliphatic carbocycles. The Hall–Kier alpha value is -1.92. The van der Waals surface area contributed by atoms with Crippen LogP contribution in [0, 0.1) is 5.92 Å². The largest absolute Gasteiger partial charge is 0.490 e. The summed E-state index contributed by atoms with van der Waals surface area (Å²) in [6.45, 7) is 1.07. The number of hydrogen-bond donors (Lipinski definition) is 3. The first-order valence-electron chi connectivity index (χ1n) is 5.21. The average molecular weight is 323 g/mol. The molecule has 0 saturated carbocycles. The number of nitrogens with two attached hydrogens (primary N) is 1. The molecule has 0 bridgehead atoms. The highest BCUT2D eigenvalue weighted by atomic mass is 19.4. The summed E-state index contributed by atoms with van der Waals surface area (Å²) in [6.07, 6.45) is -9.57. The number of hydrogen-bond acceptors (Lipinski definition) is 5. The number of carboxylic acid groups (broad SMARTS) is 1. The van der Waals surface area contributed by atoms with Gasteiger partial charge in [0, 0.05) is 0 Å². The van der Waals surface area contributed by atoms with Crippen molar-refractivity contribution in [2.24, 2.45) is 11.7 Å². The van der Waals surface area contributed by atoms with E-state index in [1.165, 1.54) is 0 Å². The Morgan fingerprint density at radius 1 is 1.33 bits per heavy atom. The maximum atomic E-state index is 12.1. The fourth-order valence-electron chi connectivity index (χ4n) is 0.947. The summed E-state index contributed by atoms with van der Waals surface area (Å²) >= 11 is 0. The third-order valence-electron chi connectivity index (χ3n) is 2.10. The molecular formula is C8H11F6N5O2. The number of tetrazole rings is 1. The molecule has 122 valence electrons. The highest BCUT2D eigenvalue weighted by Crippen LogP contribution is 2.31. The first kappa shape index (κ1) is 19.1. The molecule has 0 radical (unpaired) electrons. The number of aliphatic carboxylic acids is 1. The Bertz CT molecular complexity index is 431. The van der Waals surface area contributed by atoms with Crippen LogP contribution in [-0.2, 0) is 4.79 Å². The van der Waals surface area contributed by atoms with Crippen LogP contribution >= 0.6 is 0 Å². The second kappa shape index (κ2) is 7.19. The SMILES string of the molecule is CC(CC(N)c1nn[nH]n1)C(F)(F)F.O=C(O)C(F)(F)F. The minimum absolute atomic E-state index is 0.0982. The van der Waals surface area contributed by atoms with Crippen LogP contribution in [0.3, 0.4) is 0 Å². The van der Waals surface area contributed by atoms with Crippen LogP contribution in [0.4, 0.5) is 26.3 Å². The number of carboxylic acids is 1. The predicted octanol–water partition coefficient (Wildman–Crippen LogP) is 1.42. The lowest BCUT2D eigenvalue weighted by molar-refractivity contribution is -0.192. The smallest absolute Gasteiger partial charge is 0.475 e. The number of aromatic amines is 1. The first-order valence-corrected chi connectivity index (χ1v) is 5.21. The highest BCUT2D eigenvalue weighted by molar-refractivity contribution is 5.73. The minimum atomic E-state index is -5.08. The summed E-state index contributed by atoms with van der Waals surface area (Å²) in [5, 5.41) is 19.5. The van der Waals surface area contributed by atoms with Crippen molar-refractivity contribution in [1.29, 1.82) is 0 Å². The van der Waals surface area contributed by atoms with Crippen LogP contribution < -0.4 is 5.73 Å². The summed E-state index contributed by atoms with van der Waals surface area (Å²) < 4.78 is 68.1. The second-order valence-electron chi connectivity index (χ2n) is 3.86. The number of alkyl halides is 6. The van der Waals surface area contributed by atoms with E-state index in [0.717, 1.165) is 6.92 Å². The van der Waals surface area contributed by atoms with Crippen LogP contribution in [0.15, 0.2) is 0 Å². The van der Waals surface area contributed by atoms with Gasteiger partial charge in [-0.05, 0) is 6.42 Å². The molecule has 1 rings (SSSR count). The van der Waals surface area contributed by atoms with Gasteiger partial charge in [0.15, 0.2) is 5.82 Å². The highest BCUT2D eigenvalue weighted by Gasteiger charge is 2.38. The van der Waals surface area contributed by atoms with Crippen molar-refractivity contribution in [3.63, 3.8) is 0 Å². The zero-order chi connectivity index (χ0) is 16.8. The number of aromatic nitrogens is 4. The molecule has 0 saturated heterocycles. The molecule has 0 aliphatic rings. The quantitative estimate of drug-likeness (QED) is 0.724. The van der Waals surface area contributed by atoms with Gasteiger partial charge in [0.2, 0.25) is 0 Å². The Morgan fingerprint density at radius 3 is 2.10 bits per heavy atom. The van der Waals surface area contributed by atoms with E-state index >= 15 is 0 Å². The van der Waals surface area contributed by atoms with Crippen molar-refractivity contribution in [3.05, 3.63) is 5.82 Å². The van der Waals surface area contributed by atoms with Gasteiger partial charge in [-0.3, -0.25) is 0 Å². The summed E-state index contributed by atoms with van der Waals surface area (Å²) in [7, 11) is 0. The molecular weight excluding hydrogens is 312 g/mol. The maximum absolute atomic E-state index is 12.1. The summed E-state index contributed by atoms with van der Waals surface area (Å²) in [5.41, 5.74) is 5.45. The molecule has 0 fully saturated rings. The first-order chi connectivity index (χ1) is 9.35. The number of rotatable bonds is 3. The van der Waals surface area contributed by atoms with Crippen molar-refractivity contribution in [3.8, 4) is 0 Å². The van der Waals surface area contributed by atoms with Gasteiger partial charge in [0.25, 0.3) is 0 Å². The maximum Gasteiger partial charge on any atom is 0.490 e. The van der Waals surface area contributed by atoms with Gasteiger partial charge < -0.3 is 10.8 Å². The van der Waals surface area contributed by atoms with Crippen LogP contribution in [0.1, 0.15) is 25.2 Å². The van der Waals surface area contributed by atoms with Crippen LogP contribution in [0.5, 0.6) is 0 Å². The standard InChI is InChI=1S/C6H10F3N5.C2HF3O2/c1-3(6(7,8)9)2-4(10)5-11-13-14-12-5;3-2(4,5)1(6)7/h3-4H,2,10H2,1H3,(H,11,12,13,14);(H,6,7). The third kappa shape index (κ3) is 7.43. The molecule has 13 heteroatoms. The summed E-state index contributed by atoms with van der Waals surface area (Å²) in [5.74, 6) is -4.13. The van der Waals surface area contributed by atoms with Gasteiger partial charge in [0.1, 0.15) is 0 Å². The van der Waals surface area contributed by atoms with Crippen molar-refractivity contribution in [1.82, 2.24) is 20.6 Å². The number of nitrogens with zero attached hydrogens (tertiary/aromatic N) is 3. The topological polar surface area (TPSA) is 118 Å². The van der Waals surface area contributed by atoms with E-state index in [1.807, 2.05) is 0 Å². The molecule has 4 N–H and O–H groups in total. The summed E-state index contributed by atoms with van der Waals surface area (Å²) in [6, 6.07) is -0.842. The van der Waals surface area contributed by atoms with E-state index < -0.39 is 30.3 Å². The number of carbonyl (C=O) groups is 1. The van der Waals surface area contributed by atoms with Crippen molar-refractivity contribution < 1.29 is 36.2 Å². The number of halogens is 6. The lowest BCUT2D eigenvalue weighted by Crippen LogP contribution is -2.25. The van der Waals surface area contributed by atoms with E-state index in [1.54, 1.807) is 0 Å². The molecule has 0 spiro atoms. The zero-order valence-electron chi connectivity index (χ0n) is 10.4. The molecule has 2 atom stereocenters. The van der Waals surface area contributed by atoms with Crippen molar-refractivity contribution >= 4 is 5.97 Å². The van der Waals surface area contributed by atoms with Crippen LogP contribution in [0.2, 0.25) is 0 Å². The van der Waals surface area contributed by atoms with Gasteiger partial charge in [-0.25, -0.2) is 4.79 Å². The monoisotopic (exact) mass is 323 g/mol. The summed E-state index contributed by atoms with van der Waals surface area (Å²) in [4.78, 5) is 8.90.